The smallest absolute Gasteiger partial charge is 0.263 e. The molecule has 1 fully saturated rings. The van der Waals surface area contributed by atoms with E-state index in [-0.39, 0.29) is 5.91 Å². The zero-order valence-electron chi connectivity index (χ0n) is 9.53. The minimum absolute atomic E-state index is 0.0217. The molecule has 0 spiro atoms. The van der Waals surface area contributed by atoms with Crippen molar-refractivity contribution in [2.45, 2.75) is 26.2 Å². The van der Waals surface area contributed by atoms with Crippen molar-refractivity contribution in [2.75, 3.05) is 12.3 Å². The Morgan fingerprint density at radius 3 is 3.00 bits per heavy atom. The molecule has 3 N–H and O–H groups in total. The van der Waals surface area contributed by atoms with Gasteiger partial charge in [0.15, 0.2) is 0 Å². The lowest BCUT2D eigenvalue weighted by atomic mass is 9.98. The maximum Gasteiger partial charge on any atom is 0.263 e. The first kappa shape index (κ1) is 11.5. The molecule has 3 nitrogen and oxygen atoms in total. The number of hydrogen-bond donors (Lipinski definition) is 2. The third-order valence-corrected chi connectivity index (χ3v) is 4.39. The minimum atomic E-state index is -0.0217. The summed E-state index contributed by atoms with van der Waals surface area (Å²) in [6.45, 7) is 3.06. The molecule has 0 saturated heterocycles. The molecule has 1 amide bonds. The molecular weight excluding hydrogens is 220 g/mol. The fourth-order valence-electron chi connectivity index (χ4n) is 2.33. The number of carbonyl (C=O) groups excluding carboxylic acids is 1. The van der Waals surface area contributed by atoms with Gasteiger partial charge in [-0.05, 0) is 29.7 Å². The van der Waals surface area contributed by atoms with Crippen LogP contribution >= 0.6 is 11.3 Å². The van der Waals surface area contributed by atoms with E-state index in [0.717, 1.165) is 12.5 Å². The van der Waals surface area contributed by atoms with Crippen molar-refractivity contribution in [2.24, 2.45) is 11.8 Å². The lowest BCUT2D eigenvalue weighted by molar-refractivity contribution is 0.0949. The quantitative estimate of drug-likeness (QED) is 0.850. The van der Waals surface area contributed by atoms with Gasteiger partial charge in [0.05, 0.1) is 5.69 Å². The maximum atomic E-state index is 11.8. The molecule has 1 aromatic heterocycles. The summed E-state index contributed by atoms with van der Waals surface area (Å²) in [5.41, 5.74) is 6.29. The molecule has 1 aliphatic carbocycles. The summed E-state index contributed by atoms with van der Waals surface area (Å²) in [5.74, 6) is 1.36. The van der Waals surface area contributed by atoms with Gasteiger partial charge in [-0.25, -0.2) is 0 Å². The first-order valence-corrected chi connectivity index (χ1v) is 6.67. The average Bonchev–Trinajstić information content (AvgIpc) is 2.84. The lowest BCUT2D eigenvalue weighted by Gasteiger charge is -2.15. The molecular formula is C12H18N2OS. The third-order valence-electron chi connectivity index (χ3n) is 3.47. The van der Waals surface area contributed by atoms with E-state index < -0.39 is 0 Å². The molecule has 1 heterocycles. The third kappa shape index (κ3) is 2.38. The van der Waals surface area contributed by atoms with Crippen LogP contribution in [-0.2, 0) is 0 Å². The average molecular weight is 238 g/mol. The monoisotopic (exact) mass is 238 g/mol. The SMILES string of the molecule is CC1CCCC1CNC(=O)c1sccc1N. The predicted octanol–water partition coefficient (Wildman–Crippen LogP) is 2.50. The highest BCUT2D eigenvalue weighted by molar-refractivity contribution is 7.12. The Morgan fingerprint density at radius 1 is 1.62 bits per heavy atom. The summed E-state index contributed by atoms with van der Waals surface area (Å²) in [6, 6.07) is 1.78. The second-order valence-electron chi connectivity index (χ2n) is 4.58. The largest absolute Gasteiger partial charge is 0.397 e. The van der Waals surface area contributed by atoms with E-state index in [1.807, 2.05) is 5.38 Å². The van der Waals surface area contributed by atoms with Gasteiger partial charge in [-0.2, -0.15) is 0 Å². The maximum absolute atomic E-state index is 11.8. The Balaban J connectivity index is 1.86. The van der Waals surface area contributed by atoms with Crippen molar-refractivity contribution in [1.29, 1.82) is 0 Å². The van der Waals surface area contributed by atoms with Crippen molar-refractivity contribution in [3.63, 3.8) is 0 Å². The molecule has 2 unspecified atom stereocenters. The van der Waals surface area contributed by atoms with Gasteiger partial charge in [-0.1, -0.05) is 19.8 Å². The van der Waals surface area contributed by atoms with Crippen LogP contribution in [0.2, 0.25) is 0 Å². The van der Waals surface area contributed by atoms with E-state index in [2.05, 4.69) is 12.2 Å². The summed E-state index contributed by atoms with van der Waals surface area (Å²) < 4.78 is 0. The van der Waals surface area contributed by atoms with Crippen molar-refractivity contribution in [1.82, 2.24) is 5.32 Å². The first-order valence-electron chi connectivity index (χ1n) is 5.79. The molecule has 1 aliphatic rings. The molecule has 0 radical (unpaired) electrons. The van der Waals surface area contributed by atoms with E-state index in [9.17, 15) is 4.79 Å². The van der Waals surface area contributed by atoms with Gasteiger partial charge in [0.25, 0.3) is 5.91 Å². The normalized spacial score (nSPS) is 24.6. The predicted molar refractivity (Wildman–Crippen MR) is 67.6 cm³/mol. The summed E-state index contributed by atoms with van der Waals surface area (Å²) in [7, 11) is 0. The van der Waals surface area contributed by atoms with Crippen molar-refractivity contribution in [3.05, 3.63) is 16.3 Å². The number of nitrogens with one attached hydrogen (secondary N) is 1. The van der Waals surface area contributed by atoms with Gasteiger partial charge < -0.3 is 11.1 Å². The van der Waals surface area contributed by atoms with Crippen LogP contribution in [0.1, 0.15) is 35.9 Å². The number of thiophene rings is 1. The molecule has 0 aliphatic heterocycles. The summed E-state index contributed by atoms with van der Waals surface area (Å²) in [6.07, 6.45) is 3.83. The van der Waals surface area contributed by atoms with Gasteiger partial charge in [-0.3, -0.25) is 4.79 Å². The molecule has 88 valence electrons. The zero-order valence-corrected chi connectivity index (χ0v) is 10.3. The molecule has 1 saturated carbocycles. The highest BCUT2D eigenvalue weighted by Gasteiger charge is 2.24. The second-order valence-corrected chi connectivity index (χ2v) is 5.50. The van der Waals surface area contributed by atoms with Crippen LogP contribution in [0, 0.1) is 11.8 Å². The lowest BCUT2D eigenvalue weighted by Crippen LogP contribution is -2.30. The van der Waals surface area contributed by atoms with E-state index in [1.165, 1.54) is 30.6 Å². The standard InChI is InChI=1S/C12H18N2OS/c1-8-3-2-4-9(8)7-14-12(15)11-10(13)5-6-16-11/h5-6,8-9H,2-4,7,13H2,1H3,(H,14,15). The Morgan fingerprint density at radius 2 is 2.44 bits per heavy atom. The van der Waals surface area contributed by atoms with Gasteiger partial charge in [0.1, 0.15) is 4.88 Å². The molecule has 2 atom stereocenters. The molecule has 0 bridgehead atoms. The number of anilines is 1. The molecule has 0 aromatic carbocycles. The topological polar surface area (TPSA) is 55.1 Å². The molecule has 16 heavy (non-hydrogen) atoms. The number of carbonyl (C=O) groups is 1. The highest BCUT2D eigenvalue weighted by atomic mass is 32.1. The van der Waals surface area contributed by atoms with Crippen LogP contribution in [0.15, 0.2) is 11.4 Å². The van der Waals surface area contributed by atoms with E-state index >= 15 is 0 Å². The van der Waals surface area contributed by atoms with Crippen LogP contribution in [0.25, 0.3) is 0 Å². The number of nitrogen functional groups attached to an aromatic ring is 1. The summed E-state index contributed by atoms with van der Waals surface area (Å²) >= 11 is 1.40. The molecule has 2 rings (SSSR count). The Bertz CT molecular complexity index is 375. The van der Waals surface area contributed by atoms with E-state index in [4.69, 9.17) is 5.73 Å². The zero-order chi connectivity index (χ0) is 11.5. The van der Waals surface area contributed by atoms with Crippen LogP contribution in [-0.4, -0.2) is 12.5 Å². The first-order chi connectivity index (χ1) is 7.68. The Labute approximate surface area is 100 Å². The van der Waals surface area contributed by atoms with Crippen molar-refractivity contribution >= 4 is 22.9 Å². The van der Waals surface area contributed by atoms with E-state index in [0.29, 0.717) is 16.5 Å². The van der Waals surface area contributed by atoms with Crippen LogP contribution in [0.5, 0.6) is 0 Å². The number of hydrogen-bond acceptors (Lipinski definition) is 3. The summed E-state index contributed by atoms with van der Waals surface area (Å²) in [4.78, 5) is 12.5. The van der Waals surface area contributed by atoms with E-state index in [1.54, 1.807) is 6.07 Å². The van der Waals surface area contributed by atoms with Gasteiger partial charge in [0.2, 0.25) is 0 Å². The van der Waals surface area contributed by atoms with Gasteiger partial charge in [-0.15, -0.1) is 11.3 Å². The molecule has 1 aromatic rings. The van der Waals surface area contributed by atoms with Crippen LogP contribution in [0.3, 0.4) is 0 Å². The number of amides is 1. The summed E-state index contributed by atoms with van der Waals surface area (Å²) in [5, 5.41) is 4.84. The molecule has 4 heteroatoms. The number of nitrogens with two attached hydrogens (primary N) is 1. The van der Waals surface area contributed by atoms with Crippen molar-refractivity contribution < 1.29 is 4.79 Å². The second kappa shape index (κ2) is 4.87. The fourth-order valence-corrected chi connectivity index (χ4v) is 3.07. The highest BCUT2D eigenvalue weighted by Crippen LogP contribution is 2.30. The Kier molecular flexibility index (Phi) is 3.49. The van der Waals surface area contributed by atoms with Crippen LogP contribution < -0.4 is 11.1 Å². The Hall–Kier alpha value is -1.03. The van der Waals surface area contributed by atoms with Gasteiger partial charge >= 0.3 is 0 Å². The number of rotatable bonds is 3. The van der Waals surface area contributed by atoms with Gasteiger partial charge in [0, 0.05) is 6.54 Å². The van der Waals surface area contributed by atoms with Crippen LogP contribution in [0.4, 0.5) is 5.69 Å². The fraction of sp³-hybridized carbons (Fsp3) is 0.583. The minimum Gasteiger partial charge on any atom is -0.397 e. The van der Waals surface area contributed by atoms with Crippen molar-refractivity contribution in [3.8, 4) is 0 Å².